The van der Waals surface area contributed by atoms with E-state index in [1.165, 1.54) is 25.1 Å². The van der Waals surface area contributed by atoms with E-state index in [0.717, 1.165) is 11.3 Å². The topological polar surface area (TPSA) is 51.2 Å². The standard InChI is InChI=1S/C10H7F3N2O2S/c1-5(16)14-9-15-7-3-2-6(4-8(7)18-9)17-10(11,12)13/h2-4H,1H3,(H,14,15,16). The van der Waals surface area contributed by atoms with Gasteiger partial charge in [-0.1, -0.05) is 11.3 Å². The summed E-state index contributed by atoms with van der Waals surface area (Å²) in [6.07, 6.45) is -4.72. The Hall–Kier alpha value is -1.83. The summed E-state index contributed by atoms with van der Waals surface area (Å²) < 4.78 is 40.4. The van der Waals surface area contributed by atoms with Crippen molar-refractivity contribution in [2.75, 3.05) is 5.32 Å². The van der Waals surface area contributed by atoms with Crippen LogP contribution >= 0.6 is 11.3 Å². The Bertz CT molecular complexity index is 594. The van der Waals surface area contributed by atoms with Crippen molar-refractivity contribution in [2.45, 2.75) is 13.3 Å². The highest BCUT2D eigenvalue weighted by Gasteiger charge is 2.31. The molecule has 0 aliphatic carbocycles. The lowest BCUT2D eigenvalue weighted by Gasteiger charge is -2.07. The lowest BCUT2D eigenvalue weighted by atomic mass is 10.3. The SMILES string of the molecule is CC(=O)Nc1nc2ccc(OC(F)(F)F)cc2s1. The molecule has 1 N–H and O–H groups in total. The molecule has 0 saturated heterocycles. The number of rotatable bonds is 2. The van der Waals surface area contributed by atoms with Crippen LogP contribution in [-0.2, 0) is 4.79 Å². The third kappa shape index (κ3) is 3.10. The van der Waals surface area contributed by atoms with Gasteiger partial charge >= 0.3 is 6.36 Å². The zero-order valence-corrected chi connectivity index (χ0v) is 9.85. The van der Waals surface area contributed by atoms with Crippen molar-refractivity contribution in [2.24, 2.45) is 0 Å². The Morgan fingerprint density at radius 3 is 2.78 bits per heavy atom. The van der Waals surface area contributed by atoms with E-state index < -0.39 is 6.36 Å². The van der Waals surface area contributed by atoms with Crippen LogP contribution in [0.3, 0.4) is 0 Å². The zero-order valence-electron chi connectivity index (χ0n) is 9.04. The molecule has 1 heterocycles. The number of fused-ring (bicyclic) bond motifs is 1. The fourth-order valence-electron chi connectivity index (χ4n) is 1.31. The predicted octanol–water partition coefficient (Wildman–Crippen LogP) is 3.15. The van der Waals surface area contributed by atoms with Crippen LogP contribution in [0.1, 0.15) is 6.92 Å². The minimum atomic E-state index is -4.72. The Morgan fingerprint density at radius 2 is 2.17 bits per heavy atom. The maximum Gasteiger partial charge on any atom is 0.573 e. The summed E-state index contributed by atoms with van der Waals surface area (Å²) in [4.78, 5) is 14.9. The summed E-state index contributed by atoms with van der Waals surface area (Å²) in [7, 11) is 0. The molecule has 0 unspecified atom stereocenters. The fourth-order valence-corrected chi connectivity index (χ4v) is 2.25. The molecular weight excluding hydrogens is 269 g/mol. The zero-order chi connectivity index (χ0) is 13.3. The van der Waals surface area contributed by atoms with Gasteiger partial charge in [-0.2, -0.15) is 0 Å². The molecule has 0 spiro atoms. The van der Waals surface area contributed by atoms with Gasteiger partial charge in [-0.15, -0.1) is 13.2 Å². The third-order valence-electron chi connectivity index (χ3n) is 1.88. The van der Waals surface area contributed by atoms with Crippen LogP contribution in [0.5, 0.6) is 5.75 Å². The number of aromatic nitrogens is 1. The molecule has 8 heteroatoms. The maximum absolute atomic E-state index is 12.0. The Labute approximate surface area is 103 Å². The van der Waals surface area contributed by atoms with Crippen LogP contribution in [0, 0.1) is 0 Å². The Kier molecular flexibility index (Phi) is 3.12. The maximum atomic E-state index is 12.0. The van der Waals surface area contributed by atoms with Crippen molar-refractivity contribution in [3.63, 3.8) is 0 Å². The number of amides is 1. The van der Waals surface area contributed by atoms with E-state index in [0.29, 0.717) is 15.3 Å². The number of benzene rings is 1. The first-order valence-electron chi connectivity index (χ1n) is 4.77. The molecule has 96 valence electrons. The lowest BCUT2D eigenvalue weighted by Crippen LogP contribution is -2.16. The molecule has 1 aromatic carbocycles. The number of thiazole rings is 1. The second kappa shape index (κ2) is 4.45. The van der Waals surface area contributed by atoms with Gasteiger partial charge in [0.1, 0.15) is 5.75 Å². The highest BCUT2D eigenvalue weighted by Crippen LogP contribution is 2.31. The monoisotopic (exact) mass is 276 g/mol. The van der Waals surface area contributed by atoms with E-state index in [9.17, 15) is 18.0 Å². The van der Waals surface area contributed by atoms with E-state index in [-0.39, 0.29) is 11.7 Å². The number of ether oxygens (including phenoxy) is 1. The van der Waals surface area contributed by atoms with E-state index >= 15 is 0 Å². The molecular formula is C10H7F3N2O2S. The number of halogens is 3. The number of hydrogen-bond acceptors (Lipinski definition) is 4. The van der Waals surface area contributed by atoms with Crippen LogP contribution in [0.15, 0.2) is 18.2 Å². The van der Waals surface area contributed by atoms with Gasteiger partial charge in [0.05, 0.1) is 10.2 Å². The average molecular weight is 276 g/mol. The molecule has 2 aromatic rings. The summed E-state index contributed by atoms with van der Waals surface area (Å²) in [6.45, 7) is 1.32. The normalized spacial score (nSPS) is 11.6. The largest absolute Gasteiger partial charge is 0.573 e. The van der Waals surface area contributed by atoms with E-state index in [1.54, 1.807) is 0 Å². The second-order valence-corrected chi connectivity index (χ2v) is 4.41. The van der Waals surface area contributed by atoms with Gasteiger partial charge in [-0.3, -0.25) is 4.79 Å². The van der Waals surface area contributed by atoms with Crippen LogP contribution in [0.25, 0.3) is 10.2 Å². The smallest absolute Gasteiger partial charge is 0.406 e. The van der Waals surface area contributed by atoms with Gasteiger partial charge in [0.2, 0.25) is 5.91 Å². The molecule has 18 heavy (non-hydrogen) atoms. The average Bonchev–Trinajstić information content (AvgIpc) is 2.55. The van der Waals surface area contributed by atoms with Crippen molar-refractivity contribution in [3.05, 3.63) is 18.2 Å². The van der Waals surface area contributed by atoms with Crippen molar-refractivity contribution in [1.29, 1.82) is 0 Å². The Morgan fingerprint density at radius 1 is 1.44 bits per heavy atom. The van der Waals surface area contributed by atoms with Crippen LogP contribution < -0.4 is 10.1 Å². The van der Waals surface area contributed by atoms with Gasteiger partial charge in [-0.05, 0) is 12.1 Å². The number of nitrogens with zero attached hydrogens (tertiary/aromatic N) is 1. The quantitative estimate of drug-likeness (QED) is 0.916. The van der Waals surface area contributed by atoms with Gasteiger partial charge in [0, 0.05) is 13.0 Å². The molecule has 1 aromatic heterocycles. The number of hydrogen-bond donors (Lipinski definition) is 1. The number of alkyl halides is 3. The molecule has 0 atom stereocenters. The first-order chi connectivity index (χ1) is 8.33. The highest BCUT2D eigenvalue weighted by molar-refractivity contribution is 7.22. The molecule has 0 saturated carbocycles. The van der Waals surface area contributed by atoms with E-state index in [1.807, 2.05) is 0 Å². The molecule has 2 rings (SSSR count). The molecule has 0 fully saturated rings. The summed E-state index contributed by atoms with van der Waals surface area (Å²) in [5.41, 5.74) is 0.498. The van der Waals surface area contributed by atoms with Crippen molar-refractivity contribution in [1.82, 2.24) is 4.98 Å². The Balaban J connectivity index is 2.30. The third-order valence-corrected chi connectivity index (χ3v) is 2.81. The van der Waals surface area contributed by atoms with E-state index in [4.69, 9.17) is 0 Å². The van der Waals surface area contributed by atoms with Crippen molar-refractivity contribution >= 4 is 32.6 Å². The first-order valence-corrected chi connectivity index (χ1v) is 5.59. The van der Waals surface area contributed by atoms with E-state index in [2.05, 4.69) is 15.0 Å². The summed E-state index contributed by atoms with van der Waals surface area (Å²) >= 11 is 1.08. The van der Waals surface area contributed by atoms with Crippen LogP contribution in [-0.4, -0.2) is 17.3 Å². The number of nitrogens with one attached hydrogen (secondary N) is 1. The minimum absolute atomic E-state index is 0.291. The minimum Gasteiger partial charge on any atom is -0.406 e. The van der Waals surface area contributed by atoms with Crippen molar-refractivity contribution in [3.8, 4) is 5.75 Å². The van der Waals surface area contributed by atoms with Crippen molar-refractivity contribution < 1.29 is 22.7 Å². The van der Waals surface area contributed by atoms with Crippen LogP contribution in [0.2, 0.25) is 0 Å². The molecule has 4 nitrogen and oxygen atoms in total. The van der Waals surface area contributed by atoms with Gasteiger partial charge < -0.3 is 10.1 Å². The molecule has 1 amide bonds. The number of anilines is 1. The summed E-state index contributed by atoms with van der Waals surface area (Å²) in [6, 6.07) is 3.80. The molecule has 0 aliphatic rings. The summed E-state index contributed by atoms with van der Waals surface area (Å²) in [5.74, 6) is -0.603. The molecule has 0 radical (unpaired) electrons. The molecule has 0 aliphatic heterocycles. The van der Waals surface area contributed by atoms with Gasteiger partial charge in [0.15, 0.2) is 5.13 Å². The molecule has 0 bridgehead atoms. The first kappa shape index (κ1) is 12.6. The fraction of sp³-hybridized carbons (Fsp3) is 0.200. The number of carbonyl (C=O) groups excluding carboxylic acids is 1. The second-order valence-electron chi connectivity index (χ2n) is 3.38. The predicted molar refractivity (Wildman–Crippen MR) is 60.6 cm³/mol. The lowest BCUT2D eigenvalue weighted by molar-refractivity contribution is -0.274. The van der Waals surface area contributed by atoms with Crippen LogP contribution in [0.4, 0.5) is 18.3 Å². The van der Waals surface area contributed by atoms with Gasteiger partial charge in [0.25, 0.3) is 0 Å². The number of carbonyl (C=O) groups is 1. The highest BCUT2D eigenvalue weighted by atomic mass is 32.1. The summed E-state index contributed by atoms with van der Waals surface area (Å²) in [5, 5.41) is 2.80. The van der Waals surface area contributed by atoms with Gasteiger partial charge in [-0.25, -0.2) is 4.98 Å².